The first kappa shape index (κ1) is 13.0. The number of aliphatic hydroxyl groups excluding tert-OH is 1. The second-order valence-corrected chi connectivity index (χ2v) is 6.07. The number of rotatable bonds is 2. The molecule has 0 spiro atoms. The highest BCUT2D eigenvalue weighted by atomic mass is 32.2. The van der Waals surface area contributed by atoms with Crippen molar-refractivity contribution in [3.63, 3.8) is 0 Å². The first-order valence-corrected chi connectivity index (χ1v) is 7.37. The van der Waals surface area contributed by atoms with E-state index in [0.717, 1.165) is 6.42 Å². The van der Waals surface area contributed by atoms with Crippen LogP contribution in [0.2, 0.25) is 0 Å². The summed E-state index contributed by atoms with van der Waals surface area (Å²) in [6.07, 6.45) is 4.70. The molecule has 0 radical (unpaired) electrons. The minimum Gasteiger partial charge on any atom is -0.391 e. The van der Waals surface area contributed by atoms with Crippen LogP contribution in [0.4, 0.5) is 0 Å². The number of pyridine rings is 1. The average Bonchev–Trinajstić information content (AvgIpc) is 2.35. The van der Waals surface area contributed by atoms with Crippen molar-refractivity contribution in [2.24, 2.45) is 0 Å². The van der Waals surface area contributed by atoms with Crippen molar-refractivity contribution in [3.05, 3.63) is 35.5 Å². The number of β-amino-alcohol motifs (C(OH)–C–C–N with tert-alkyl or cyclic N) is 1. The topological polar surface area (TPSA) is 79.3 Å². The molecule has 0 bridgehead atoms. The smallest absolute Gasteiger partial charge is 0.238 e. The number of aliphatic hydroxyl groups is 1. The summed E-state index contributed by atoms with van der Waals surface area (Å²) in [4.78, 5) is 3.87. The van der Waals surface area contributed by atoms with Gasteiger partial charge >= 0.3 is 0 Å². The first-order chi connectivity index (χ1) is 8.60. The van der Waals surface area contributed by atoms with Gasteiger partial charge in [0.15, 0.2) is 5.03 Å². The van der Waals surface area contributed by atoms with Crippen LogP contribution in [0.3, 0.4) is 0 Å². The zero-order valence-corrected chi connectivity index (χ0v) is 10.7. The molecule has 0 amide bonds. The molecule has 1 aliphatic heterocycles. The summed E-state index contributed by atoms with van der Waals surface area (Å²) in [6, 6.07) is 4.77. The fraction of sp³-hybridized carbons (Fsp3) is 0.417. The van der Waals surface area contributed by atoms with Crippen LogP contribution in [-0.2, 0) is 9.84 Å². The number of hydrogen-bond acceptors (Lipinski definition) is 5. The van der Waals surface area contributed by atoms with Crippen molar-refractivity contribution in [3.8, 4) is 0 Å². The molecule has 0 aromatic carbocycles. The Hall–Kier alpha value is -1.40. The molecule has 0 aliphatic carbocycles. The predicted molar refractivity (Wildman–Crippen MR) is 67.4 cm³/mol. The van der Waals surface area contributed by atoms with Crippen LogP contribution in [0.25, 0.3) is 0 Å². The highest BCUT2D eigenvalue weighted by Crippen LogP contribution is 2.17. The molecule has 0 fully saturated rings. The number of nitrogens with zero attached hydrogens (tertiary/aromatic N) is 1. The van der Waals surface area contributed by atoms with Crippen LogP contribution in [0.5, 0.6) is 0 Å². The maximum Gasteiger partial charge on any atom is 0.238 e. The Morgan fingerprint density at radius 3 is 2.94 bits per heavy atom. The minimum atomic E-state index is -3.60. The maximum absolute atomic E-state index is 12.3. The predicted octanol–water partition coefficient (Wildman–Crippen LogP) is 0.831. The molecule has 5 nitrogen and oxygen atoms in total. The Morgan fingerprint density at radius 1 is 1.39 bits per heavy atom. The van der Waals surface area contributed by atoms with E-state index >= 15 is 0 Å². The lowest BCUT2D eigenvalue weighted by Gasteiger charge is -2.17. The van der Waals surface area contributed by atoms with E-state index in [4.69, 9.17) is 0 Å². The quantitative estimate of drug-likeness (QED) is 0.830. The summed E-state index contributed by atoms with van der Waals surface area (Å²) in [5, 5.41) is 12.5. The summed E-state index contributed by atoms with van der Waals surface area (Å²) in [5.74, 6) is 0. The average molecular weight is 268 g/mol. The summed E-state index contributed by atoms with van der Waals surface area (Å²) in [7, 11) is -3.60. The van der Waals surface area contributed by atoms with Crippen LogP contribution < -0.4 is 5.32 Å². The third kappa shape index (κ3) is 2.88. The third-order valence-electron chi connectivity index (χ3n) is 2.79. The van der Waals surface area contributed by atoms with Crippen molar-refractivity contribution >= 4 is 9.84 Å². The highest BCUT2D eigenvalue weighted by Gasteiger charge is 2.23. The molecule has 18 heavy (non-hydrogen) atoms. The van der Waals surface area contributed by atoms with Crippen LogP contribution in [-0.4, -0.2) is 31.2 Å². The molecule has 1 aromatic rings. The molecule has 1 unspecified atom stereocenters. The van der Waals surface area contributed by atoms with E-state index in [0.29, 0.717) is 12.8 Å². The first-order valence-electron chi connectivity index (χ1n) is 5.89. The third-order valence-corrected chi connectivity index (χ3v) is 4.47. The van der Waals surface area contributed by atoms with Gasteiger partial charge in [0.2, 0.25) is 9.84 Å². The second kappa shape index (κ2) is 5.49. The fourth-order valence-corrected chi connectivity index (χ4v) is 3.10. The molecule has 1 aromatic heterocycles. The molecule has 2 N–H and O–H groups in total. The summed E-state index contributed by atoms with van der Waals surface area (Å²) >= 11 is 0. The van der Waals surface area contributed by atoms with Crippen LogP contribution in [0.15, 0.2) is 40.5 Å². The van der Waals surface area contributed by atoms with Gasteiger partial charge in [-0.25, -0.2) is 13.4 Å². The van der Waals surface area contributed by atoms with Gasteiger partial charge in [0.05, 0.1) is 6.10 Å². The Morgan fingerprint density at radius 2 is 2.22 bits per heavy atom. The lowest BCUT2D eigenvalue weighted by Crippen LogP contribution is -2.31. The summed E-state index contributed by atoms with van der Waals surface area (Å²) in [6.45, 7) is 0.248. The van der Waals surface area contributed by atoms with E-state index in [2.05, 4.69) is 10.3 Å². The zero-order valence-electron chi connectivity index (χ0n) is 9.91. The van der Waals surface area contributed by atoms with E-state index in [1.54, 1.807) is 18.2 Å². The lowest BCUT2D eigenvalue weighted by atomic mass is 10.1. The van der Waals surface area contributed by atoms with E-state index < -0.39 is 15.9 Å². The van der Waals surface area contributed by atoms with Gasteiger partial charge in [-0.3, -0.25) is 0 Å². The normalized spacial score (nSPS) is 21.4. The number of nitrogens with one attached hydrogen (secondary N) is 1. The fourth-order valence-electron chi connectivity index (χ4n) is 1.80. The number of allylic oxidation sites excluding steroid dienone is 1. The van der Waals surface area contributed by atoms with Crippen molar-refractivity contribution in [2.45, 2.75) is 30.4 Å². The number of aromatic nitrogens is 1. The van der Waals surface area contributed by atoms with Crippen molar-refractivity contribution < 1.29 is 13.5 Å². The molecule has 98 valence electrons. The Labute approximate surface area is 106 Å². The monoisotopic (exact) mass is 268 g/mol. The Bertz CT molecular complexity index is 526. The van der Waals surface area contributed by atoms with Gasteiger partial charge < -0.3 is 10.4 Å². The van der Waals surface area contributed by atoms with Gasteiger partial charge in [0.1, 0.15) is 5.03 Å². The molecule has 1 atom stereocenters. The van der Waals surface area contributed by atoms with E-state index in [-0.39, 0.29) is 16.6 Å². The molecule has 2 heterocycles. The minimum absolute atomic E-state index is 0.0267. The lowest BCUT2D eigenvalue weighted by molar-refractivity contribution is 0.161. The molecule has 6 heteroatoms. The molecule has 0 saturated carbocycles. The summed E-state index contributed by atoms with van der Waals surface area (Å²) < 4.78 is 24.6. The van der Waals surface area contributed by atoms with E-state index in [9.17, 15) is 13.5 Å². The van der Waals surface area contributed by atoms with Crippen molar-refractivity contribution in [1.82, 2.24) is 10.3 Å². The molecular weight excluding hydrogens is 252 g/mol. The highest BCUT2D eigenvalue weighted by molar-refractivity contribution is 7.95. The van der Waals surface area contributed by atoms with Crippen LogP contribution >= 0.6 is 0 Å². The maximum atomic E-state index is 12.3. The molecule has 2 rings (SSSR count). The van der Waals surface area contributed by atoms with E-state index in [1.807, 2.05) is 0 Å². The molecule has 0 saturated heterocycles. The SMILES string of the molecule is O=S(=O)(C1=CCCCC(O)CN1)c1ccccn1. The second-order valence-electron chi connectivity index (χ2n) is 4.21. The zero-order chi connectivity index (χ0) is 13.0. The van der Waals surface area contributed by atoms with Crippen molar-refractivity contribution in [2.75, 3.05) is 6.54 Å². The van der Waals surface area contributed by atoms with Gasteiger partial charge in [0.25, 0.3) is 0 Å². The van der Waals surface area contributed by atoms with Crippen molar-refractivity contribution in [1.29, 1.82) is 0 Å². The van der Waals surface area contributed by atoms with E-state index in [1.165, 1.54) is 12.3 Å². The molecular formula is C12H16N2O3S. The van der Waals surface area contributed by atoms with Crippen LogP contribution in [0.1, 0.15) is 19.3 Å². The van der Waals surface area contributed by atoms with Gasteiger partial charge in [-0.05, 0) is 37.5 Å². The number of sulfone groups is 1. The van der Waals surface area contributed by atoms with Crippen LogP contribution in [0, 0.1) is 0 Å². The van der Waals surface area contributed by atoms with Gasteiger partial charge in [0, 0.05) is 12.7 Å². The largest absolute Gasteiger partial charge is 0.391 e. The van der Waals surface area contributed by atoms with Gasteiger partial charge in [-0.15, -0.1) is 0 Å². The van der Waals surface area contributed by atoms with Gasteiger partial charge in [-0.2, -0.15) is 0 Å². The Kier molecular flexibility index (Phi) is 3.98. The van der Waals surface area contributed by atoms with Gasteiger partial charge in [-0.1, -0.05) is 6.07 Å². The molecule has 1 aliphatic rings. The number of hydrogen-bond donors (Lipinski definition) is 2. The standard InChI is InChI=1S/C12H16N2O3S/c15-10-5-1-2-6-12(14-9-10)18(16,17)11-7-3-4-8-13-11/h3-4,6-8,10,14-15H,1-2,5,9H2. The summed E-state index contributed by atoms with van der Waals surface area (Å²) in [5.41, 5.74) is 0. The Balaban J connectivity index is 2.29.